The fourth-order valence-electron chi connectivity index (χ4n) is 0.796. The fourth-order valence-corrected chi connectivity index (χ4v) is 1.43. The Bertz CT molecular complexity index is 221. The Kier molecular flexibility index (Phi) is 2.69. The first-order valence-electron chi connectivity index (χ1n) is 3.45. The minimum Gasteiger partial charge on any atom is -0.276 e. The molecule has 1 fully saturated rings. The number of imide groups is 2. The zero-order valence-corrected chi connectivity index (χ0v) is 7.31. The molecule has 1 saturated heterocycles. The molecule has 1 N–H and O–H groups in total. The molecule has 0 saturated carbocycles. The Morgan fingerprint density at radius 2 is 2.17 bits per heavy atom. The van der Waals surface area contributed by atoms with E-state index in [1.54, 1.807) is 0 Å². The third kappa shape index (κ3) is 1.76. The lowest BCUT2D eigenvalue weighted by Gasteiger charge is -2.22. The molecule has 0 aliphatic carbocycles. The molecule has 0 bridgehead atoms. The molecule has 1 aliphatic rings. The number of nitrogens with zero attached hydrogens (tertiary/aromatic N) is 1. The van der Waals surface area contributed by atoms with Crippen molar-refractivity contribution in [3.63, 3.8) is 0 Å². The molecule has 0 unspecified atom stereocenters. The standard InChI is InChI=1S/C6H8N2O3S/c1-2-12-8-5(10)3-4(9)7-6(8)11/h2-3H2,1H3,(H,7,9,11). The van der Waals surface area contributed by atoms with Crippen LogP contribution in [-0.4, -0.2) is 27.9 Å². The molecule has 4 amide bonds. The maximum Gasteiger partial charge on any atom is 0.341 e. The summed E-state index contributed by atoms with van der Waals surface area (Å²) in [7, 11) is 0. The molecule has 0 radical (unpaired) electrons. The van der Waals surface area contributed by atoms with Crippen molar-refractivity contribution < 1.29 is 14.4 Å². The Hall–Kier alpha value is -1.04. The monoisotopic (exact) mass is 188 g/mol. The Morgan fingerprint density at radius 3 is 2.67 bits per heavy atom. The second-order valence-electron chi connectivity index (χ2n) is 2.14. The van der Waals surface area contributed by atoms with Gasteiger partial charge in [0.15, 0.2) is 0 Å². The van der Waals surface area contributed by atoms with E-state index in [1.165, 1.54) is 0 Å². The molecule has 0 spiro atoms. The molecule has 0 aromatic carbocycles. The number of barbiturate groups is 1. The van der Waals surface area contributed by atoms with Crippen LogP contribution in [0.25, 0.3) is 0 Å². The average molecular weight is 188 g/mol. The van der Waals surface area contributed by atoms with Gasteiger partial charge in [-0.3, -0.25) is 14.9 Å². The molecule has 12 heavy (non-hydrogen) atoms. The minimum absolute atomic E-state index is 0.237. The number of nitrogens with one attached hydrogen (secondary N) is 1. The highest BCUT2D eigenvalue weighted by molar-refractivity contribution is 7.98. The van der Waals surface area contributed by atoms with E-state index in [2.05, 4.69) is 5.32 Å². The van der Waals surface area contributed by atoms with Crippen molar-refractivity contribution in [2.24, 2.45) is 0 Å². The lowest BCUT2D eigenvalue weighted by atomic mass is 10.3. The van der Waals surface area contributed by atoms with Crippen LogP contribution in [0.1, 0.15) is 13.3 Å². The van der Waals surface area contributed by atoms with Gasteiger partial charge in [0, 0.05) is 5.75 Å². The van der Waals surface area contributed by atoms with Crippen LogP contribution in [0.2, 0.25) is 0 Å². The van der Waals surface area contributed by atoms with Crippen molar-refractivity contribution in [1.29, 1.82) is 0 Å². The molecule has 5 nitrogen and oxygen atoms in total. The van der Waals surface area contributed by atoms with Crippen LogP contribution in [0.4, 0.5) is 4.79 Å². The number of rotatable bonds is 2. The number of carbonyl (C=O) groups excluding carboxylic acids is 3. The topological polar surface area (TPSA) is 66.5 Å². The molecule has 0 aromatic heterocycles. The van der Waals surface area contributed by atoms with E-state index < -0.39 is 17.8 Å². The van der Waals surface area contributed by atoms with E-state index in [1.807, 2.05) is 6.92 Å². The first-order valence-corrected chi connectivity index (χ1v) is 4.39. The maximum atomic E-state index is 11.0. The molecule has 1 aliphatic heterocycles. The smallest absolute Gasteiger partial charge is 0.276 e. The predicted molar refractivity (Wildman–Crippen MR) is 43.1 cm³/mol. The molecule has 0 aromatic rings. The van der Waals surface area contributed by atoms with E-state index in [4.69, 9.17) is 0 Å². The summed E-state index contributed by atoms with van der Waals surface area (Å²) in [6.07, 6.45) is -0.237. The lowest BCUT2D eigenvalue weighted by Crippen LogP contribution is -2.49. The van der Waals surface area contributed by atoms with Crippen LogP contribution in [0.5, 0.6) is 0 Å². The SMILES string of the molecule is CCSN1C(=O)CC(=O)NC1=O. The van der Waals surface area contributed by atoms with Crippen molar-refractivity contribution in [1.82, 2.24) is 9.62 Å². The molecular weight excluding hydrogens is 180 g/mol. The summed E-state index contributed by atoms with van der Waals surface area (Å²) < 4.78 is 0.974. The van der Waals surface area contributed by atoms with E-state index in [9.17, 15) is 14.4 Å². The zero-order chi connectivity index (χ0) is 9.14. The van der Waals surface area contributed by atoms with Gasteiger partial charge in [-0.05, 0) is 11.9 Å². The van der Waals surface area contributed by atoms with Crippen LogP contribution >= 0.6 is 11.9 Å². The predicted octanol–water partition coefficient (Wildman–Crippen LogP) is 0.123. The number of amides is 4. The number of urea groups is 1. The number of hydrogen-bond donors (Lipinski definition) is 1. The van der Waals surface area contributed by atoms with E-state index in [0.29, 0.717) is 5.75 Å². The van der Waals surface area contributed by atoms with Crippen LogP contribution in [0.3, 0.4) is 0 Å². The van der Waals surface area contributed by atoms with Gasteiger partial charge < -0.3 is 0 Å². The normalized spacial score (nSPS) is 18.1. The van der Waals surface area contributed by atoms with Crippen LogP contribution < -0.4 is 5.32 Å². The summed E-state index contributed by atoms with van der Waals surface area (Å²) in [5.41, 5.74) is 0. The van der Waals surface area contributed by atoms with E-state index in [0.717, 1.165) is 16.3 Å². The van der Waals surface area contributed by atoms with Crippen molar-refractivity contribution in [2.45, 2.75) is 13.3 Å². The Balaban J connectivity index is 2.67. The third-order valence-electron chi connectivity index (χ3n) is 1.23. The number of hydrogen-bond acceptors (Lipinski definition) is 4. The quantitative estimate of drug-likeness (QED) is 0.494. The van der Waals surface area contributed by atoms with Gasteiger partial charge in [-0.2, -0.15) is 0 Å². The minimum atomic E-state index is -0.636. The van der Waals surface area contributed by atoms with Gasteiger partial charge in [0.25, 0.3) is 0 Å². The van der Waals surface area contributed by atoms with E-state index in [-0.39, 0.29) is 6.42 Å². The van der Waals surface area contributed by atoms with Crippen molar-refractivity contribution in [3.05, 3.63) is 0 Å². The summed E-state index contributed by atoms with van der Waals surface area (Å²) in [5.74, 6) is -0.360. The van der Waals surface area contributed by atoms with Gasteiger partial charge in [-0.1, -0.05) is 6.92 Å². The second-order valence-corrected chi connectivity index (χ2v) is 3.34. The largest absolute Gasteiger partial charge is 0.341 e. The zero-order valence-electron chi connectivity index (χ0n) is 6.49. The first kappa shape index (κ1) is 9.05. The average Bonchev–Trinajstić information content (AvgIpc) is 1.96. The lowest BCUT2D eigenvalue weighted by molar-refractivity contribution is -0.132. The Labute approximate surface area is 73.6 Å². The first-order chi connectivity index (χ1) is 5.65. The maximum absolute atomic E-state index is 11.0. The summed E-state index contributed by atoms with van der Waals surface area (Å²) in [6, 6.07) is -0.636. The highest BCUT2D eigenvalue weighted by Gasteiger charge is 2.30. The van der Waals surface area contributed by atoms with Crippen molar-refractivity contribution in [2.75, 3.05) is 5.75 Å². The van der Waals surface area contributed by atoms with Crippen molar-refractivity contribution in [3.8, 4) is 0 Å². The molecule has 66 valence electrons. The van der Waals surface area contributed by atoms with Gasteiger partial charge in [-0.15, -0.1) is 0 Å². The summed E-state index contributed by atoms with van der Waals surface area (Å²) in [4.78, 5) is 32.6. The van der Waals surface area contributed by atoms with Crippen LogP contribution in [-0.2, 0) is 9.59 Å². The van der Waals surface area contributed by atoms with Gasteiger partial charge in [0.1, 0.15) is 6.42 Å². The highest BCUT2D eigenvalue weighted by atomic mass is 32.2. The molecular formula is C6H8N2O3S. The number of carbonyl (C=O) groups is 3. The third-order valence-corrected chi connectivity index (χ3v) is 2.11. The second kappa shape index (κ2) is 3.57. The summed E-state index contributed by atoms with van der Waals surface area (Å²) >= 11 is 1.09. The van der Waals surface area contributed by atoms with Gasteiger partial charge >= 0.3 is 6.03 Å². The van der Waals surface area contributed by atoms with Gasteiger partial charge in [-0.25, -0.2) is 9.10 Å². The highest BCUT2D eigenvalue weighted by Crippen LogP contribution is 2.14. The Morgan fingerprint density at radius 1 is 1.50 bits per heavy atom. The fraction of sp³-hybridized carbons (Fsp3) is 0.500. The molecule has 1 heterocycles. The molecule has 6 heteroatoms. The van der Waals surface area contributed by atoms with E-state index >= 15 is 0 Å². The van der Waals surface area contributed by atoms with Gasteiger partial charge in [0.2, 0.25) is 11.8 Å². The molecule has 0 atom stereocenters. The molecule has 1 rings (SSSR count). The summed E-state index contributed by atoms with van der Waals surface area (Å²) in [6.45, 7) is 1.82. The van der Waals surface area contributed by atoms with Crippen molar-refractivity contribution >= 4 is 29.8 Å². The van der Waals surface area contributed by atoms with Crippen LogP contribution in [0.15, 0.2) is 0 Å². The van der Waals surface area contributed by atoms with Crippen LogP contribution in [0, 0.1) is 0 Å². The summed E-state index contributed by atoms with van der Waals surface area (Å²) in [5, 5.41) is 2.05. The van der Waals surface area contributed by atoms with Gasteiger partial charge in [0.05, 0.1) is 0 Å².